The third-order valence-corrected chi connectivity index (χ3v) is 5.69. The highest BCUT2D eigenvalue weighted by molar-refractivity contribution is 5.98. The molecule has 1 atom stereocenters. The summed E-state index contributed by atoms with van der Waals surface area (Å²) in [7, 11) is 2.15. The quantitative estimate of drug-likeness (QED) is 0.632. The van der Waals surface area contributed by atoms with E-state index in [1.165, 1.54) is 0 Å². The van der Waals surface area contributed by atoms with Crippen LogP contribution < -0.4 is 10.1 Å². The van der Waals surface area contributed by atoms with Gasteiger partial charge in [0, 0.05) is 49.7 Å². The Balaban J connectivity index is 1.51. The summed E-state index contributed by atoms with van der Waals surface area (Å²) in [6.07, 6.45) is 0. The molecule has 0 radical (unpaired) electrons. The van der Waals surface area contributed by atoms with Crippen LogP contribution in [-0.2, 0) is 0 Å². The molecule has 1 unspecified atom stereocenters. The van der Waals surface area contributed by atoms with Crippen molar-refractivity contribution in [1.29, 1.82) is 0 Å². The molecule has 2 N–H and O–H groups in total. The summed E-state index contributed by atoms with van der Waals surface area (Å²) < 4.78 is 5.57. The fourth-order valence-corrected chi connectivity index (χ4v) is 3.93. The zero-order valence-electron chi connectivity index (χ0n) is 17.7. The van der Waals surface area contributed by atoms with Gasteiger partial charge < -0.3 is 19.9 Å². The maximum Gasteiger partial charge on any atom is 0.268 e. The first-order valence-corrected chi connectivity index (χ1v) is 10.6. The molecule has 1 fully saturated rings. The summed E-state index contributed by atoms with van der Waals surface area (Å²) in [5.41, 5.74) is 2.60. The first-order valence-electron chi connectivity index (χ1n) is 10.6. The highest BCUT2D eigenvalue weighted by Gasteiger charge is 2.22. The molecule has 30 heavy (non-hydrogen) atoms. The minimum absolute atomic E-state index is 0.0625. The molecule has 4 rings (SSSR count). The molecule has 1 aliphatic heterocycles. The molecule has 2 aromatic carbocycles. The number of hydrogen-bond donors (Lipinski definition) is 2. The SMILES string of the molecule is CCOc1ccc2cc(C(=O)NC(CN3CCN(C)CC3)c3ccccc3)[nH]c2c1. The molecule has 1 aromatic heterocycles. The van der Waals surface area contributed by atoms with Gasteiger partial charge in [-0.2, -0.15) is 0 Å². The molecule has 6 heteroatoms. The molecule has 6 nitrogen and oxygen atoms in total. The molecule has 1 saturated heterocycles. The minimum atomic E-state index is -0.0906. The number of ether oxygens (including phenoxy) is 1. The van der Waals surface area contributed by atoms with Crippen LogP contribution in [0.3, 0.4) is 0 Å². The number of benzene rings is 2. The van der Waals surface area contributed by atoms with Crippen LogP contribution in [0.15, 0.2) is 54.6 Å². The van der Waals surface area contributed by atoms with Gasteiger partial charge in [0.05, 0.1) is 12.6 Å². The molecule has 3 aromatic rings. The number of amides is 1. The molecule has 158 valence electrons. The van der Waals surface area contributed by atoms with Crippen molar-refractivity contribution in [2.45, 2.75) is 13.0 Å². The molecule has 1 amide bonds. The van der Waals surface area contributed by atoms with Crippen molar-refractivity contribution in [2.75, 3.05) is 46.4 Å². The summed E-state index contributed by atoms with van der Waals surface area (Å²) >= 11 is 0. The first kappa shape index (κ1) is 20.4. The van der Waals surface area contributed by atoms with Crippen LogP contribution in [0.4, 0.5) is 0 Å². The Hall–Kier alpha value is -2.83. The third kappa shape index (κ3) is 4.83. The zero-order valence-corrected chi connectivity index (χ0v) is 17.7. The molecular weight excluding hydrogens is 376 g/mol. The van der Waals surface area contributed by atoms with Crippen molar-refractivity contribution < 1.29 is 9.53 Å². The lowest BCUT2D eigenvalue weighted by atomic mass is 10.1. The van der Waals surface area contributed by atoms with Crippen molar-refractivity contribution in [2.24, 2.45) is 0 Å². The monoisotopic (exact) mass is 406 g/mol. The van der Waals surface area contributed by atoms with Crippen LogP contribution in [-0.4, -0.2) is 67.1 Å². The second kappa shape index (κ2) is 9.32. The van der Waals surface area contributed by atoms with Gasteiger partial charge in [-0.05, 0) is 37.7 Å². The second-order valence-electron chi connectivity index (χ2n) is 7.91. The molecule has 0 saturated carbocycles. The number of H-pyrrole nitrogens is 1. The molecular formula is C24H30N4O2. The number of aromatic amines is 1. The minimum Gasteiger partial charge on any atom is -0.494 e. The number of carbonyl (C=O) groups is 1. The fraction of sp³-hybridized carbons (Fsp3) is 0.375. The smallest absolute Gasteiger partial charge is 0.268 e. The van der Waals surface area contributed by atoms with Crippen LogP contribution in [0.1, 0.15) is 29.0 Å². The highest BCUT2D eigenvalue weighted by Crippen LogP contribution is 2.22. The van der Waals surface area contributed by atoms with Gasteiger partial charge in [0.1, 0.15) is 11.4 Å². The summed E-state index contributed by atoms with van der Waals surface area (Å²) in [6.45, 7) is 7.52. The number of carbonyl (C=O) groups excluding carboxylic acids is 1. The van der Waals surface area contributed by atoms with Crippen molar-refractivity contribution in [3.8, 4) is 5.75 Å². The van der Waals surface area contributed by atoms with E-state index in [4.69, 9.17) is 4.74 Å². The predicted molar refractivity (Wildman–Crippen MR) is 120 cm³/mol. The van der Waals surface area contributed by atoms with E-state index in [9.17, 15) is 4.79 Å². The summed E-state index contributed by atoms with van der Waals surface area (Å²) in [5.74, 6) is 0.711. The number of fused-ring (bicyclic) bond motifs is 1. The van der Waals surface area contributed by atoms with E-state index in [1.54, 1.807) is 0 Å². The van der Waals surface area contributed by atoms with Gasteiger partial charge in [0.15, 0.2) is 0 Å². The number of piperazine rings is 1. The van der Waals surface area contributed by atoms with E-state index in [-0.39, 0.29) is 11.9 Å². The Labute approximate surface area is 177 Å². The predicted octanol–water partition coefficient (Wildman–Crippen LogP) is 3.29. The lowest BCUT2D eigenvalue weighted by Gasteiger charge is -2.35. The maximum absolute atomic E-state index is 13.1. The standard InChI is InChI=1S/C24H30N4O2/c1-3-30-20-10-9-19-15-22(25-21(19)16-20)24(29)26-23(18-7-5-4-6-8-18)17-28-13-11-27(2)12-14-28/h4-10,15-16,23,25H,3,11-14,17H2,1-2H3,(H,26,29). The van der Waals surface area contributed by atoms with Crippen molar-refractivity contribution in [1.82, 2.24) is 20.1 Å². The topological polar surface area (TPSA) is 60.6 Å². The summed E-state index contributed by atoms with van der Waals surface area (Å²) in [4.78, 5) is 21.1. The average molecular weight is 407 g/mol. The molecule has 1 aliphatic rings. The number of nitrogens with zero attached hydrogens (tertiary/aromatic N) is 2. The normalized spacial score (nSPS) is 16.5. The largest absolute Gasteiger partial charge is 0.494 e. The zero-order chi connectivity index (χ0) is 20.9. The van der Waals surface area contributed by atoms with E-state index < -0.39 is 0 Å². The Bertz CT molecular complexity index is 977. The average Bonchev–Trinajstić information content (AvgIpc) is 3.19. The number of hydrogen-bond acceptors (Lipinski definition) is 4. The Morgan fingerprint density at radius 2 is 1.87 bits per heavy atom. The van der Waals surface area contributed by atoms with Gasteiger partial charge >= 0.3 is 0 Å². The van der Waals surface area contributed by atoms with E-state index in [0.717, 1.165) is 54.9 Å². The van der Waals surface area contributed by atoms with Crippen molar-refractivity contribution in [3.63, 3.8) is 0 Å². The number of likely N-dealkylation sites (N-methyl/N-ethyl adjacent to an activating group) is 1. The van der Waals surface area contributed by atoms with Crippen molar-refractivity contribution >= 4 is 16.8 Å². The lowest BCUT2D eigenvalue weighted by molar-refractivity contribution is 0.0903. The van der Waals surface area contributed by atoms with Gasteiger partial charge in [-0.15, -0.1) is 0 Å². The number of nitrogens with one attached hydrogen (secondary N) is 2. The van der Waals surface area contributed by atoms with Gasteiger partial charge in [0.25, 0.3) is 5.91 Å². The highest BCUT2D eigenvalue weighted by atomic mass is 16.5. The van der Waals surface area contributed by atoms with Gasteiger partial charge in [-0.25, -0.2) is 0 Å². The Kier molecular flexibility index (Phi) is 6.35. The summed E-state index contributed by atoms with van der Waals surface area (Å²) in [6, 6.07) is 17.9. The van der Waals surface area contributed by atoms with E-state index in [2.05, 4.69) is 39.3 Å². The second-order valence-corrected chi connectivity index (χ2v) is 7.91. The third-order valence-electron chi connectivity index (χ3n) is 5.69. The molecule has 0 spiro atoms. The van der Waals surface area contributed by atoms with Gasteiger partial charge in [-0.3, -0.25) is 9.69 Å². The van der Waals surface area contributed by atoms with Gasteiger partial charge in [0.2, 0.25) is 0 Å². The summed E-state index contributed by atoms with van der Waals surface area (Å²) in [5, 5.41) is 4.25. The lowest BCUT2D eigenvalue weighted by Crippen LogP contribution is -2.47. The first-order chi connectivity index (χ1) is 14.6. The van der Waals surface area contributed by atoms with E-state index in [0.29, 0.717) is 12.3 Å². The van der Waals surface area contributed by atoms with Crippen molar-refractivity contribution in [3.05, 3.63) is 65.9 Å². The molecule has 0 bridgehead atoms. The number of rotatable bonds is 7. The Morgan fingerprint density at radius 1 is 1.10 bits per heavy atom. The Morgan fingerprint density at radius 3 is 2.60 bits per heavy atom. The maximum atomic E-state index is 13.1. The molecule has 0 aliphatic carbocycles. The van der Waals surface area contributed by atoms with Crippen LogP contribution in [0.2, 0.25) is 0 Å². The van der Waals surface area contributed by atoms with E-state index in [1.807, 2.05) is 49.4 Å². The van der Waals surface area contributed by atoms with Crippen LogP contribution in [0, 0.1) is 0 Å². The van der Waals surface area contributed by atoms with Crippen LogP contribution >= 0.6 is 0 Å². The number of aromatic nitrogens is 1. The van der Waals surface area contributed by atoms with E-state index >= 15 is 0 Å². The van der Waals surface area contributed by atoms with Crippen LogP contribution in [0.5, 0.6) is 5.75 Å². The fourth-order valence-electron chi connectivity index (χ4n) is 3.93. The van der Waals surface area contributed by atoms with Gasteiger partial charge in [-0.1, -0.05) is 30.3 Å². The van der Waals surface area contributed by atoms with Crippen LogP contribution in [0.25, 0.3) is 10.9 Å². The molecule has 2 heterocycles.